The fourth-order valence-corrected chi connectivity index (χ4v) is 6.02. The van der Waals surface area contributed by atoms with E-state index in [0.29, 0.717) is 13.0 Å². The first-order chi connectivity index (χ1) is 17.8. The molecule has 6 nitrogen and oxygen atoms in total. The summed E-state index contributed by atoms with van der Waals surface area (Å²) in [6.45, 7) is 4.95. The van der Waals surface area contributed by atoms with Crippen LogP contribution >= 0.6 is 0 Å². The highest BCUT2D eigenvalue weighted by Crippen LogP contribution is 2.46. The van der Waals surface area contributed by atoms with E-state index >= 15 is 0 Å². The Bertz CT molecular complexity index is 1230. The summed E-state index contributed by atoms with van der Waals surface area (Å²) in [5.41, 5.74) is 4.74. The maximum absolute atomic E-state index is 13.7. The van der Waals surface area contributed by atoms with Crippen molar-refractivity contribution in [3.05, 3.63) is 77.5 Å². The lowest BCUT2D eigenvalue weighted by molar-refractivity contribution is -0.121. The van der Waals surface area contributed by atoms with Crippen LogP contribution in [0.25, 0.3) is 0 Å². The number of Topliss-reactive ketones (excluding diaryl/α,β-unsaturated/α-hetero) is 1. The maximum Gasteiger partial charge on any atom is 0.239 e. The Morgan fingerprint density at radius 1 is 1.11 bits per heavy atom. The van der Waals surface area contributed by atoms with Gasteiger partial charge in [-0.25, -0.2) is 0 Å². The van der Waals surface area contributed by atoms with Gasteiger partial charge in [-0.3, -0.25) is 9.59 Å². The van der Waals surface area contributed by atoms with E-state index in [2.05, 4.69) is 53.7 Å². The first-order valence-electron chi connectivity index (χ1n) is 13.3. The zero-order valence-electron chi connectivity index (χ0n) is 22.0. The Labute approximate surface area is 219 Å². The number of para-hydroxylation sites is 2. The molecule has 3 aliphatic rings. The number of ketones is 1. The van der Waals surface area contributed by atoms with Crippen molar-refractivity contribution in [3.63, 3.8) is 0 Å². The summed E-state index contributed by atoms with van der Waals surface area (Å²) in [4.78, 5) is 29.3. The summed E-state index contributed by atoms with van der Waals surface area (Å²) >= 11 is 0. The number of fused-ring (bicyclic) bond motifs is 1. The minimum atomic E-state index is -0.147. The van der Waals surface area contributed by atoms with Crippen molar-refractivity contribution >= 4 is 23.1 Å². The molecule has 0 saturated heterocycles. The SMILES string of the molecule is COc1ccc(CNC(=O)CN2c3ccccc3NC3=C(C(=O)CC(C)(C)C3)[C@@H]2[C@@H]2CC=CCC2)cc1. The number of benzene rings is 2. The molecule has 2 N–H and O–H groups in total. The molecule has 2 aromatic carbocycles. The van der Waals surface area contributed by atoms with Gasteiger partial charge in [-0.1, -0.05) is 50.3 Å². The average molecular weight is 500 g/mol. The summed E-state index contributed by atoms with van der Waals surface area (Å²) in [5, 5.41) is 6.74. The number of carbonyl (C=O) groups excluding carboxylic acids is 2. The fourth-order valence-electron chi connectivity index (χ4n) is 6.02. The molecule has 0 saturated carbocycles. The van der Waals surface area contributed by atoms with Gasteiger partial charge in [0.05, 0.1) is 31.1 Å². The van der Waals surface area contributed by atoms with Gasteiger partial charge in [0.25, 0.3) is 0 Å². The number of anilines is 2. The van der Waals surface area contributed by atoms with Crippen LogP contribution in [-0.4, -0.2) is 31.4 Å². The molecule has 37 heavy (non-hydrogen) atoms. The number of allylic oxidation sites excluding steroid dienone is 3. The van der Waals surface area contributed by atoms with E-state index in [0.717, 1.165) is 59.6 Å². The number of nitrogens with zero attached hydrogens (tertiary/aromatic N) is 1. The van der Waals surface area contributed by atoms with Gasteiger partial charge in [0.1, 0.15) is 5.75 Å². The van der Waals surface area contributed by atoms with E-state index in [1.165, 1.54) is 0 Å². The lowest BCUT2D eigenvalue weighted by Gasteiger charge is -2.41. The molecule has 194 valence electrons. The zero-order valence-corrected chi connectivity index (χ0v) is 22.0. The third-order valence-corrected chi connectivity index (χ3v) is 7.77. The van der Waals surface area contributed by atoms with E-state index in [1.54, 1.807) is 7.11 Å². The molecule has 1 heterocycles. The summed E-state index contributed by atoms with van der Waals surface area (Å²) in [5.74, 6) is 1.20. The van der Waals surface area contributed by atoms with Crippen LogP contribution in [0.3, 0.4) is 0 Å². The minimum absolute atomic E-state index is 0.0605. The number of hydrogen-bond acceptors (Lipinski definition) is 5. The molecule has 5 rings (SSSR count). The molecule has 0 aromatic heterocycles. The van der Waals surface area contributed by atoms with Crippen molar-refractivity contribution < 1.29 is 14.3 Å². The van der Waals surface area contributed by atoms with Gasteiger partial charge >= 0.3 is 0 Å². The molecule has 0 radical (unpaired) electrons. The number of amides is 1. The van der Waals surface area contributed by atoms with Gasteiger partial charge in [-0.2, -0.15) is 0 Å². The van der Waals surface area contributed by atoms with Crippen LogP contribution in [0.1, 0.15) is 51.5 Å². The largest absolute Gasteiger partial charge is 0.497 e. The van der Waals surface area contributed by atoms with Crippen LogP contribution in [0.2, 0.25) is 0 Å². The van der Waals surface area contributed by atoms with Crippen LogP contribution in [-0.2, 0) is 16.1 Å². The van der Waals surface area contributed by atoms with Gasteiger partial charge in [0.2, 0.25) is 5.91 Å². The summed E-state index contributed by atoms with van der Waals surface area (Å²) in [6.07, 6.45) is 8.71. The van der Waals surface area contributed by atoms with Crippen LogP contribution in [0.15, 0.2) is 72.0 Å². The lowest BCUT2D eigenvalue weighted by atomic mass is 9.71. The Balaban J connectivity index is 1.48. The molecule has 0 unspecified atom stereocenters. The second-order valence-corrected chi connectivity index (χ2v) is 11.2. The van der Waals surface area contributed by atoms with Gasteiger partial charge in [-0.05, 0) is 66.8 Å². The molecule has 1 amide bonds. The van der Waals surface area contributed by atoms with Crippen molar-refractivity contribution in [1.29, 1.82) is 0 Å². The molecule has 6 heteroatoms. The third-order valence-electron chi connectivity index (χ3n) is 7.77. The Morgan fingerprint density at radius 3 is 2.62 bits per heavy atom. The monoisotopic (exact) mass is 499 g/mol. The fraction of sp³-hybridized carbons (Fsp3) is 0.419. The summed E-state index contributed by atoms with van der Waals surface area (Å²) in [6, 6.07) is 15.7. The highest BCUT2D eigenvalue weighted by molar-refractivity contribution is 6.01. The number of methoxy groups -OCH3 is 1. The molecule has 1 aliphatic heterocycles. The summed E-state index contributed by atoms with van der Waals surface area (Å²) < 4.78 is 5.24. The molecular formula is C31H37N3O3. The Morgan fingerprint density at radius 2 is 1.89 bits per heavy atom. The van der Waals surface area contributed by atoms with Crippen LogP contribution in [0.4, 0.5) is 11.4 Å². The number of hydrogen-bond donors (Lipinski definition) is 2. The smallest absolute Gasteiger partial charge is 0.239 e. The van der Waals surface area contributed by atoms with Crippen molar-refractivity contribution in [3.8, 4) is 5.75 Å². The molecule has 2 atom stereocenters. The molecule has 2 aromatic rings. The van der Waals surface area contributed by atoms with Crippen LogP contribution in [0, 0.1) is 11.3 Å². The van der Waals surface area contributed by atoms with Crippen LogP contribution < -0.4 is 20.3 Å². The number of ether oxygens (including phenoxy) is 1. The quantitative estimate of drug-likeness (QED) is 0.506. The number of rotatable bonds is 6. The topological polar surface area (TPSA) is 70.7 Å². The Hall–Kier alpha value is -3.54. The number of nitrogens with one attached hydrogen (secondary N) is 2. The maximum atomic E-state index is 13.7. The molecule has 0 fully saturated rings. The second kappa shape index (κ2) is 10.4. The van der Waals surface area contributed by atoms with E-state index in [9.17, 15) is 9.59 Å². The van der Waals surface area contributed by atoms with Crippen LogP contribution in [0.5, 0.6) is 5.75 Å². The number of carbonyl (C=O) groups is 2. The molecular weight excluding hydrogens is 462 g/mol. The van der Waals surface area contributed by atoms with E-state index in [1.807, 2.05) is 36.4 Å². The van der Waals surface area contributed by atoms with E-state index < -0.39 is 0 Å². The van der Waals surface area contributed by atoms with Gasteiger partial charge in [0, 0.05) is 24.2 Å². The zero-order chi connectivity index (χ0) is 26.0. The average Bonchev–Trinajstić information content (AvgIpc) is 3.02. The highest BCUT2D eigenvalue weighted by Gasteiger charge is 2.43. The van der Waals surface area contributed by atoms with E-state index in [4.69, 9.17) is 4.74 Å². The lowest BCUT2D eigenvalue weighted by Crippen LogP contribution is -2.49. The summed E-state index contributed by atoms with van der Waals surface area (Å²) in [7, 11) is 1.64. The van der Waals surface area contributed by atoms with Crippen molar-refractivity contribution in [1.82, 2.24) is 5.32 Å². The standard InChI is InChI=1S/C31H37N3O3/c1-31(2)17-25-29(27(35)18-31)30(22-9-5-4-6-10-22)34(26-12-8-7-11-24(26)33-25)20-28(36)32-19-21-13-15-23(37-3)16-14-21/h4-5,7-8,11-16,22,30,33H,6,9-10,17-20H2,1-3H3,(H,32,36)/t22-,30+/m1/s1. The van der Waals surface area contributed by atoms with E-state index in [-0.39, 0.29) is 35.6 Å². The van der Waals surface area contributed by atoms with Crippen molar-refractivity contribution in [2.24, 2.45) is 11.3 Å². The first kappa shape index (κ1) is 25.1. The molecule has 2 aliphatic carbocycles. The van der Waals surface area contributed by atoms with Gasteiger partial charge in [0.15, 0.2) is 5.78 Å². The second-order valence-electron chi connectivity index (χ2n) is 11.2. The predicted molar refractivity (Wildman–Crippen MR) is 148 cm³/mol. The van der Waals surface area contributed by atoms with Crippen molar-refractivity contribution in [2.45, 2.75) is 58.5 Å². The Kier molecular flexibility index (Phi) is 7.09. The molecule has 0 spiro atoms. The third kappa shape index (κ3) is 5.43. The predicted octanol–water partition coefficient (Wildman–Crippen LogP) is 5.61. The van der Waals surface area contributed by atoms with Crippen molar-refractivity contribution in [2.75, 3.05) is 23.9 Å². The molecule has 0 bridgehead atoms. The van der Waals surface area contributed by atoms with Gasteiger partial charge in [-0.15, -0.1) is 0 Å². The normalized spacial score (nSPS) is 22.5. The van der Waals surface area contributed by atoms with Gasteiger partial charge < -0.3 is 20.3 Å². The minimum Gasteiger partial charge on any atom is -0.497 e. The first-order valence-corrected chi connectivity index (χ1v) is 13.3. The highest BCUT2D eigenvalue weighted by atomic mass is 16.5.